The van der Waals surface area contributed by atoms with Crippen LogP contribution in [0.5, 0.6) is 0 Å². The van der Waals surface area contributed by atoms with Gasteiger partial charge in [-0.2, -0.15) is 0 Å². The van der Waals surface area contributed by atoms with Crippen molar-refractivity contribution in [3.63, 3.8) is 0 Å². The van der Waals surface area contributed by atoms with E-state index in [-0.39, 0.29) is 0 Å². The first kappa shape index (κ1) is 8.89. The summed E-state index contributed by atoms with van der Waals surface area (Å²) in [6.45, 7) is 2.22. The summed E-state index contributed by atoms with van der Waals surface area (Å²) in [6.07, 6.45) is 4.73. The number of thioether (sulfide) groups is 1. The molecule has 1 aliphatic rings. The van der Waals surface area contributed by atoms with Gasteiger partial charge in [-0.25, -0.2) is 0 Å². The maximum absolute atomic E-state index is 2.36. The Morgan fingerprint density at radius 2 is 2.15 bits per heavy atom. The molecule has 1 aromatic carbocycles. The molecule has 0 aromatic heterocycles. The van der Waals surface area contributed by atoms with Crippen LogP contribution in [0.25, 0.3) is 4.91 Å². The normalized spacial score (nSPS) is 15.9. The lowest BCUT2D eigenvalue weighted by Crippen LogP contribution is -1.87. The number of allylic oxidation sites excluding steroid dienone is 1. The third-order valence-corrected chi connectivity index (χ3v) is 3.51. The zero-order valence-electron chi connectivity index (χ0n) is 7.92. The average Bonchev–Trinajstić information content (AvgIpc) is 2.70. The van der Waals surface area contributed by atoms with Crippen molar-refractivity contribution in [2.75, 3.05) is 5.75 Å². The molecule has 13 heavy (non-hydrogen) atoms. The highest BCUT2D eigenvalue weighted by Gasteiger charge is 2.09. The zero-order valence-corrected chi connectivity index (χ0v) is 8.73. The topological polar surface area (TPSA) is 0 Å². The Labute approximate surface area is 84.0 Å². The van der Waals surface area contributed by atoms with Gasteiger partial charge in [0.15, 0.2) is 0 Å². The van der Waals surface area contributed by atoms with E-state index in [1.807, 2.05) is 11.8 Å². The van der Waals surface area contributed by atoms with Gasteiger partial charge in [0.1, 0.15) is 0 Å². The number of hydrogen-bond acceptors (Lipinski definition) is 1. The number of hydrogen-bond donors (Lipinski definition) is 0. The summed E-state index contributed by atoms with van der Waals surface area (Å²) in [6, 6.07) is 8.73. The van der Waals surface area contributed by atoms with Crippen LogP contribution in [0.2, 0.25) is 0 Å². The van der Waals surface area contributed by atoms with Crippen molar-refractivity contribution in [1.29, 1.82) is 0 Å². The maximum Gasteiger partial charge on any atom is 0.0108 e. The second-order valence-electron chi connectivity index (χ2n) is 3.22. The predicted octanol–water partition coefficient (Wildman–Crippen LogP) is 3.73. The molecule has 0 nitrogen and oxygen atoms in total. The Morgan fingerprint density at radius 1 is 1.31 bits per heavy atom. The molecule has 1 heterocycles. The first-order valence-electron chi connectivity index (χ1n) is 4.83. The van der Waals surface area contributed by atoms with E-state index in [4.69, 9.17) is 0 Å². The van der Waals surface area contributed by atoms with Crippen LogP contribution in [0, 0.1) is 0 Å². The molecule has 0 radical (unpaired) electrons. The van der Waals surface area contributed by atoms with Crippen molar-refractivity contribution in [3.8, 4) is 0 Å². The number of rotatable bonds is 2. The van der Waals surface area contributed by atoms with Gasteiger partial charge in [0.25, 0.3) is 0 Å². The van der Waals surface area contributed by atoms with E-state index in [1.54, 1.807) is 0 Å². The number of aryl methyl sites for hydroxylation is 1. The molecule has 0 spiro atoms. The second kappa shape index (κ2) is 4.01. The molecule has 0 N–H and O–H groups in total. The van der Waals surface area contributed by atoms with Gasteiger partial charge in [-0.1, -0.05) is 37.3 Å². The molecule has 0 saturated heterocycles. The van der Waals surface area contributed by atoms with Gasteiger partial charge in [0.05, 0.1) is 0 Å². The molecule has 0 atom stereocenters. The van der Waals surface area contributed by atoms with E-state index in [2.05, 4.69) is 37.3 Å². The van der Waals surface area contributed by atoms with E-state index in [9.17, 15) is 0 Å². The Morgan fingerprint density at radius 3 is 2.85 bits per heavy atom. The fourth-order valence-corrected chi connectivity index (χ4v) is 2.72. The molecule has 68 valence electrons. The van der Waals surface area contributed by atoms with Crippen LogP contribution in [-0.4, -0.2) is 5.75 Å². The summed E-state index contributed by atoms with van der Waals surface area (Å²) in [5.74, 6) is 1.26. The lowest BCUT2D eigenvalue weighted by Gasteiger charge is -2.07. The van der Waals surface area contributed by atoms with E-state index < -0.39 is 0 Å². The second-order valence-corrected chi connectivity index (χ2v) is 4.35. The zero-order chi connectivity index (χ0) is 9.10. The van der Waals surface area contributed by atoms with Crippen molar-refractivity contribution in [3.05, 3.63) is 41.5 Å². The Kier molecular flexibility index (Phi) is 2.74. The average molecular weight is 190 g/mol. The first-order chi connectivity index (χ1) is 6.42. The molecule has 1 heteroatoms. The van der Waals surface area contributed by atoms with E-state index in [0.717, 1.165) is 6.42 Å². The van der Waals surface area contributed by atoms with E-state index in [1.165, 1.54) is 28.2 Å². The summed E-state index contributed by atoms with van der Waals surface area (Å²) in [7, 11) is 0. The molecule has 0 amide bonds. The van der Waals surface area contributed by atoms with Crippen LogP contribution in [0.15, 0.2) is 30.3 Å². The maximum atomic E-state index is 2.36. The molecule has 0 unspecified atom stereocenters. The van der Waals surface area contributed by atoms with Crippen molar-refractivity contribution in [2.24, 2.45) is 0 Å². The number of benzene rings is 1. The van der Waals surface area contributed by atoms with E-state index >= 15 is 0 Å². The first-order valence-corrected chi connectivity index (χ1v) is 5.81. The summed E-state index contributed by atoms with van der Waals surface area (Å²) in [5.41, 5.74) is 2.93. The molecule has 0 saturated carbocycles. The summed E-state index contributed by atoms with van der Waals surface area (Å²) >= 11 is 1.99. The smallest absolute Gasteiger partial charge is 0.0108 e. The molecule has 2 rings (SSSR count). The fraction of sp³-hybridized carbons (Fsp3) is 0.333. The van der Waals surface area contributed by atoms with Gasteiger partial charge in [-0.15, -0.1) is 11.8 Å². The fourth-order valence-electron chi connectivity index (χ4n) is 1.67. The van der Waals surface area contributed by atoms with E-state index in [0.29, 0.717) is 0 Å². The van der Waals surface area contributed by atoms with Crippen molar-refractivity contribution in [1.82, 2.24) is 0 Å². The summed E-state index contributed by atoms with van der Waals surface area (Å²) in [4.78, 5) is 1.48. The minimum atomic E-state index is 1.13. The predicted molar refractivity (Wildman–Crippen MR) is 60.9 cm³/mol. The Balaban J connectivity index is 2.38. The van der Waals surface area contributed by atoms with Crippen LogP contribution in [0.4, 0.5) is 0 Å². The molecule has 0 bridgehead atoms. The SMILES string of the molecule is CCc1ccccc1C1=CCCS1. The molecular weight excluding hydrogens is 176 g/mol. The van der Waals surface area contributed by atoms with Crippen molar-refractivity contribution in [2.45, 2.75) is 19.8 Å². The minimum absolute atomic E-state index is 1.13. The lowest BCUT2D eigenvalue weighted by atomic mass is 10.0. The monoisotopic (exact) mass is 190 g/mol. The highest BCUT2D eigenvalue weighted by atomic mass is 32.2. The van der Waals surface area contributed by atoms with Gasteiger partial charge in [-0.05, 0) is 24.0 Å². The third-order valence-electron chi connectivity index (χ3n) is 2.37. The highest BCUT2D eigenvalue weighted by molar-refractivity contribution is 8.08. The van der Waals surface area contributed by atoms with Crippen LogP contribution >= 0.6 is 11.8 Å². The van der Waals surface area contributed by atoms with Crippen LogP contribution in [0.3, 0.4) is 0 Å². The van der Waals surface area contributed by atoms with Gasteiger partial charge < -0.3 is 0 Å². The lowest BCUT2D eigenvalue weighted by molar-refractivity contribution is 1.13. The Bertz CT molecular complexity index is 326. The molecule has 1 aliphatic heterocycles. The van der Waals surface area contributed by atoms with Crippen LogP contribution in [-0.2, 0) is 6.42 Å². The molecule has 0 aliphatic carbocycles. The molecule has 0 fully saturated rings. The quantitative estimate of drug-likeness (QED) is 0.684. The van der Waals surface area contributed by atoms with Gasteiger partial charge in [0, 0.05) is 10.7 Å². The minimum Gasteiger partial charge on any atom is -0.126 e. The Hall–Kier alpha value is -0.690. The highest BCUT2D eigenvalue weighted by Crippen LogP contribution is 2.35. The largest absolute Gasteiger partial charge is 0.126 e. The molecular formula is C12H14S. The van der Waals surface area contributed by atoms with Gasteiger partial charge >= 0.3 is 0 Å². The summed E-state index contributed by atoms with van der Waals surface area (Å²) in [5, 5.41) is 0. The standard InChI is InChI=1S/C12H14S/c1-2-10-6-3-4-7-11(10)12-8-5-9-13-12/h3-4,6-8H,2,5,9H2,1H3. The van der Waals surface area contributed by atoms with Gasteiger partial charge in [0.2, 0.25) is 0 Å². The van der Waals surface area contributed by atoms with Crippen molar-refractivity contribution < 1.29 is 0 Å². The van der Waals surface area contributed by atoms with Crippen molar-refractivity contribution >= 4 is 16.7 Å². The molecule has 1 aromatic rings. The van der Waals surface area contributed by atoms with Crippen LogP contribution in [0.1, 0.15) is 24.5 Å². The van der Waals surface area contributed by atoms with Gasteiger partial charge in [-0.3, -0.25) is 0 Å². The summed E-state index contributed by atoms with van der Waals surface area (Å²) < 4.78 is 0. The third kappa shape index (κ3) is 1.80. The van der Waals surface area contributed by atoms with Crippen LogP contribution < -0.4 is 0 Å².